The summed E-state index contributed by atoms with van der Waals surface area (Å²) in [5.41, 5.74) is 0.952. The van der Waals surface area contributed by atoms with Gasteiger partial charge in [-0.25, -0.2) is 18.5 Å². The fourth-order valence-electron chi connectivity index (χ4n) is 4.90. The first-order valence-corrected chi connectivity index (χ1v) is 14.2. The molecule has 0 aliphatic carbocycles. The minimum atomic E-state index is -3.38. The Bertz CT molecular complexity index is 1100. The average molecular weight is 528 g/mol. The molecule has 1 aromatic carbocycles. The van der Waals surface area contributed by atoms with Gasteiger partial charge in [0, 0.05) is 29.7 Å². The summed E-state index contributed by atoms with van der Waals surface area (Å²) in [5.74, 6) is 2.87. The Balaban J connectivity index is 1.28. The van der Waals surface area contributed by atoms with Crippen molar-refractivity contribution in [1.29, 1.82) is 0 Å². The van der Waals surface area contributed by atoms with Crippen LogP contribution in [-0.2, 0) is 10.0 Å². The van der Waals surface area contributed by atoms with Gasteiger partial charge in [0.2, 0.25) is 10.0 Å². The lowest BCUT2D eigenvalue weighted by atomic mass is 9.80. The predicted molar refractivity (Wildman–Crippen MR) is 138 cm³/mol. The largest absolute Gasteiger partial charge is 0.362 e. The molecular formula is C23H32Cl2N6O2S. The summed E-state index contributed by atoms with van der Waals surface area (Å²) >= 11 is 12.4. The Labute approximate surface area is 211 Å². The Morgan fingerprint density at radius 3 is 2.74 bits per heavy atom. The second kappa shape index (κ2) is 11.0. The number of hydrogen-bond acceptors (Lipinski definition) is 7. The highest BCUT2D eigenvalue weighted by atomic mass is 35.5. The van der Waals surface area contributed by atoms with E-state index in [4.69, 9.17) is 33.3 Å². The van der Waals surface area contributed by atoms with Crippen molar-refractivity contribution < 1.29 is 8.42 Å². The van der Waals surface area contributed by atoms with E-state index in [0.717, 1.165) is 50.5 Å². The van der Waals surface area contributed by atoms with Crippen molar-refractivity contribution in [1.82, 2.24) is 14.9 Å². The van der Waals surface area contributed by atoms with Crippen molar-refractivity contribution in [3.05, 3.63) is 46.2 Å². The molecule has 3 N–H and O–H groups in total. The summed E-state index contributed by atoms with van der Waals surface area (Å²) in [7, 11) is -3.38. The summed E-state index contributed by atoms with van der Waals surface area (Å²) in [5, 5.41) is 9.74. The molecule has 34 heavy (non-hydrogen) atoms. The number of anilines is 2. The van der Waals surface area contributed by atoms with Gasteiger partial charge in [0.1, 0.15) is 11.6 Å². The van der Waals surface area contributed by atoms with Crippen LogP contribution in [0.2, 0.25) is 10.0 Å². The molecule has 1 aromatic heterocycles. The molecule has 2 aliphatic rings. The number of primary sulfonamides is 1. The standard InChI is InChI=1S/C23H32Cl2N6O2S/c1-16(20-6-5-19(24)10-21(20)25)28-22-11-27-12-23(29-22)31-14-18(15-31)17-4-2-7-30(13-17)8-3-9-34(26,32)33/h5-6,10-12,16-18H,2-4,7-9,13-15H2,1H3,(H,28,29)(H2,26,32,33)/t16-,17+/m1/s1. The van der Waals surface area contributed by atoms with Crippen LogP contribution in [0.3, 0.4) is 0 Å². The topological polar surface area (TPSA) is 104 Å². The maximum Gasteiger partial charge on any atom is 0.209 e. The molecule has 3 heterocycles. The Morgan fingerprint density at radius 2 is 2.00 bits per heavy atom. The molecule has 2 aliphatic heterocycles. The maximum absolute atomic E-state index is 11.2. The van der Waals surface area contributed by atoms with Crippen LogP contribution < -0.4 is 15.4 Å². The van der Waals surface area contributed by atoms with Gasteiger partial charge in [0.25, 0.3) is 0 Å². The first-order valence-electron chi connectivity index (χ1n) is 11.7. The van der Waals surface area contributed by atoms with Crippen LogP contribution in [0.1, 0.15) is 37.8 Å². The minimum absolute atomic E-state index is 0.0408. The molecule has 0 saturated carbocycles. The number of rotatable bonds is 9. The van der Waals surface area contributed by atoms with Gasteiger partial charge < -0.3 is 15.1 Å². The minimum Gasteiger partial charge on any atom is -0.362 e. The second-order valence-electron chi connectivity index (χ2n) is 9.38. The third kappa shape index (κ3) is 6.73. The molecule has 0 bridgehead atoms. The number of aromatic nitrogens is 2. The van der Waals surface area contributed by atoms with E-state index < -0.39 is 10.0 Å². The summed E-state index contributed by atoms with van der Waals surface area (Å²) in [6.07, 6.45) is 6.50. The van der Waals surface area contributed by atoms with Crippen molar-refractivity contribution in [3.63, 3.8) is 0 Å². The monoisotopic (exact) mass is 526 g/mol. The highest BCUT2D eigenvalue weighted by Crippen LogP contribution is 2.34. The summed E-state index contributed by atoms with van der Waals surface area (Å²) in [4.78, 5) is 13.8. The Hall–Kier alpha value is -1.65. The number of nitrogens with one attached hydrogen (secondary N) is 1. The lowest BCUT2D eigenvalue weighted by Crippen LogP contribution is -2.54. The molecule has 0 amide bonds. The van der Waals surface area contributed by atoms with Crippen LogP contribution in [0.25, 0.3) is 0 Å². The van der Waals surface area contributed by atoms with Crippen LogP contribution >= 0.6 is 23.2 Å². The van der Waals surface area contributed by atoms with E-state index >= 15 is 0 Å². The van der Waals surface area contributed by atoms with Crippen molar-refractivity contribution in [2.75, 3.05) is 48.7 Å². The van der Waals surface area contributed by atoms with Gasteiger partial charge in [-0.2, -0.15) is 0 Å². The van der Waals surface area contributed by atoms with Gasteiger partial charge in [0.15, 0.2) is 0 Å². The lowest BCUT2D eigenvalue weighted by Gasteiger charge is -2.47. The van der Waals surface area contributed by atoms with E-state index in [1.54, 1.807) is 12.3 Å². The molecule has 11 heteroatoms. The summed E-state index contributed by atoms with van der Waals surface area (Å²) < 4.78 is 22.4. The molecule has 2 aromatic rings. The molecule has 0 spiro atoms. The van der Waals surface area contributed by atoms with Crippen LogP contribution in [0.5, 0.6) is 0 Å². The normalized spacial score (nSPS) is 20.7. The Kier molecular flexibility index (Phi) is 8.20. The first-order chi connectivity index (χ1) is 16.2. The predicted octanol–water partition coefficient (Wildman–Crippen LogP) is 3.78. The molecule has 2 atom stereocenters. The first kappa shape index (κ1) is 25.4. The van der Waals surface area contributed by atoms with Gasteiger partial charge in [-0.15, -0.1) is 0 Å². The van der Waals surface area contributed by atoms with Crippen LogP contribution in [0, 0.1) is 11.8 Å². The number of piperidine rings is 1. The summed E-state index contributed by atoms with van der Waals surface area (Å²) in [6.45, 7) is 6.81. The fraction of sp³-hybridized carbons (Fsp3) is 0.565. The highest BCUT2D eigenvalue weighted by molar-refractivity contribution is 7.89. The van der Waals surface area contributed by atoms with E-state index in [9.17, 15) is 8.42 Å². The van der Waals surface area contributed by atoms with E-state index in [-0.39, 0.29) is 11.8 Å². The van der Waals surface area contributed by atoms with Gasteiger partial charge in [0.05, 0.1) is 24.2 Å². The summed E-state index contributed by atoms with van der Waals surface area (Å²) in [6, 6.07) is 5.45. The van der Waals surface area contributed by atoms with Gasteiger partial charge in [-0.05, 0) is 68.8 Å². The molecular weight excluding hydrogens is 495 g/mol. The van der Waals surface area contributed by atoms with Gasteiger partial charge >= 0.3 is 0 Å². The zero-order valence-corrected chi connectivity index (χ0v) is 21.7. The zero-order valence-electron chi connectivity index (χ0n) is 19.3. The number of nitrogens with two attached hydrogens (primary N) is 1. The molecule has 0 unspecified atom stereocenters. The third-order valence-corrected chi connectivity index (χ3v) is 8.18. The lowest BCUT2D eigenvalue weighted by molar-refractivity contribution is 0.120. The molecule has 0 radical (unpaired) electrons. The smallest absolute Gasteiger partial charge is 0.209 e. The SMILES string of the molecule is C[C@@H](Nc1cncc(N2CC([C@H]3CCCN(CCCS(N)(=O)=O)C3)C2)n1)c1ccc(Cl)cc1Cl. The number of benzene rings is 1. The molecule has 2 saturated heterocycles. The quantitative estimate of drug-likeness (QED) is 0.512. The van der Waals surface area contributed by atoms with E-state index in [2.05, 4.69) is 20.1 Å². The Morgan fingerprint density at radius 1 is 1.21 bits per heavy atom. The van der Waals surface area contributed by atoms with Crippen molar-refractivity contribution in [3.8, 4) is 0 Å². The number of halogens is 2. The maximum atomic E-state index is 11.2. The number of nitrogens with zero attached hydrogens (tertiary/aromatic N) is 4. The van der Waals surface area contributed by atoms with Crippen LogP contribution in [0.15, 0.2) is 30.6 Å². The number of sulfonamides is 1. The highest BCUT2D eigenvalue weighted by Gasteiger charge is 2.36. The number of hydrogen-bond donors (Lipinski definition) is 2. The van der Waals surface area contributed by atoms with E-state index in [1.807, 2.05) is 25.3 Å². The third-order valence-electron chi connectivity index (χ3n) is 6.76. The van der Waals surface area contributed by atoms with Crippen molar-refractivity contribution >= 4 is 44.9 Å². The van der Waals surface area contributed by atoms with E-state index in [0.29, 0.717) is 34.1 Å². The molecule has 4 rings (SSSR count). The number of likely N-dealkylation sites (tertiary alicyclic amines) is 1. The van der Waals surface area contributed by atoms with Gasteiger partial charge in [-0.3, -0.25) is 4.98 Å². The average Bonchev–Trinajstić information content (AvgIpc) is 2.72. The molecule has 2 fully saturated rings. The molecule has 8 nitrogen and oxygen atoms in total. The fourth-order valence-corrected chi connectivity index (χ4v) is 6.00. The van der Waals surface area contributed by atoms with Gasteiger partial charge in [-0.1, -0.05) is 29.3 Å². The molecule has 186 valence electrons. The zero-order chi connectivity index (χ0) is 24.3. The van der Waals surface area contributed by atoms with E-state index in [1.165, 1.54) is 6.42 Å². The van der Waals surface area contributed by atoms with Crippen molar-refractivity contribution in [2.24, 2.45) is 17.0 Å². The van der Waals surface area contributed by atoms with Crippen LogP contribution in [-0.4, -0.2) is 61.8 Å². The second-order valence-corrected chi connectivity index (χ2v) is 12.0. The van der Waals surface area contributed by atoms with Crippen molar-refractivity contribution in [2.45, 2.75) is 32.2 Å². The van der Waals surface area contributed by atoms with Crippen LogP contribution in [0.4, 0.5) is 11.6 Å².